The zero-order valence-corrected chi connectivity index (χ0v) is 20.3. The number of thiophene rings is 1. The van der Waals surface area contributed by atoms with Crippen molar-refractivity contribution in [2.24, 2.45) is 23.2 Å². The van der Waals surface area contributed by atoms with E-state index in [0.29, 0.717) is 22.5 Å². The van der Waals surface area contributed by atoms with Gasteiger partial charge in [0.25, 0.3) is 5.91 Å². The Kier molecular flexibility index (Phi) is 6.47. The topological polar surface area (TPSA) is 81.7 Å². The van der Waals surface area contributed by atoms with E-state index in [2.05, 4.69) is 5.32 Å². The minimum absolute atomic E-state index is 0.0811. The summed E-state index contributed by atoms with van der Waals surface area (Å²) in [4.78, 5) is 38.0. The lowest BCUT2D eigenvalue weighted by atomic mass is 9.49. The number of hydrogen-bond donors (Lipinski definition) is 1. The smallest absolute Gasteiger partial charge is 0.341 e. The monoisotopic (exact) mass is 481 g/mol. The molecule has 1 aromatic carbocycles. The zero-order valence-electron chi connectivity index (χ0n) is 19.5. The number of nitrogens with one attached hydrogen (secondary N) is 1. The average molecular weight is 482 g/mol. The number of hydrogen-bond acceptors (Lipinski definition) is 6. The highest BCUT2D eigenvalue weighted by atomic mass is 32.1. The van der Waals surface area contributed by atoms with Gasteiger partial charge < -0.3 is 14.8 Å². The Morgan fingerprint density at radius 1 is 1.00 bits per heavy atom. The predicted molar refractivity (Wildman–Crippen MR) is 131 cm³/mol. The Morgan fingerprint density at radius 2 is 1.65 bits per heavy atom. The highest BCUT2D eigenvalue weighted by Gasteiger charge is 2.51. The molecule has 0 radical (unpaired) electrons. The molecule has 1 heterocycles. The second kappa shape index (κ2) is 9.53. The van der Waals surface area contributed by atoms with Crippen LogP contribution in [-0.4, -0.2) is 31.1 Å². The van der Waals surface area contributed by atoms with Gasteiger partial charge in [0.05, 0.1) is 13.0 Å². The summed E-state index contributed by atoms with van der Waals surface area (Å²) in [5, 5.41) is 4.99. The summed E-state index contributed by atoms with van der Waals surface area (Å²) in [6.07, 6.45) is 7.76. The fourth-order valence-electron chi connectivity index (χ4n) is 6.86. The van der Waals surface area contributed by atoms with E-state index < -0.39 is 11.9 Å². The van der Waals surface area contributed by atoms with Crippen molar-refractivity contribution >= 4 is 34.2 Å². The largest absolute Gasteiger partial charge is 0.462 e. The first-order chi connectivity index (χ1) is 16.4. The summed E-state index contributed by atoms with van der Waals surface area (Å²) < 4.78 is 10.6. The van der Waals surface area contributed by atoms with Gasteiger partial charge in [0, 0.05) is 10.9 Å². The summed E-state index contributed by atoms with van der Waals surface area (Å²) in [6, 6.07) is 9.50. The van der Waals surface area contributed by atoms with Gasteiger partial charge >= 0.3 is 11.9 Å². The van der Waals surface area contributed by atoms with Crippen LogP contribution in [0.15, 0.2) is 35.7 Å². The third-order valence-electron chi connectivity index (χ3n) is 7.66. The Balaban J connectivity index is 1.21. The fourth-order valence-corrected chi connectivity index (χ4v) is 7.83. The van der Waals surface area contributed by atoms with Crippen LogP contribution >= 0.6 is 11.3 Å². The Labute approximate surface area is 204 Å². The van der Waals surface area contributed by atoms with Gasteiger partial charge in [-0.3, -0.25) is 9.59 Å². The SMILES string of the molecule is CCOC(=O)c1c(-c2ccccc2)csc1NC(=O)COC(=O)CC12CC3CC(CC(C3)C1)C2. The average Bonchev–Trinajstić information content (AvgIpc) is 3.21. The van der Waals surface area contributed by atoms with Crippen LogP contribution in [0.25, 0.3) is 11.1 Å². The van der Waals surface area contributed by atoms with Gasteiger partial charge in [-0.05, 0) is 74.2 Å². The van der Waals surface area contributed by atoms with Crippen molar-refractivity contribution in [3.05, 3.63) is 41.3 Å². The molecule has 34 heavy (non-hydrogen) atoms. The molecule has 4 fully saturated rings. The summed E-state index contributed by atoms with van der Waals surface area (Å²) in [5.74, 6) is 1.06. The van der Waals surface area contributed by atoms with E-state index in [1.807, 2.05) is 35.7 Å². The number of ether oxygens (including phenoxy) is 2. The number of benzene rings is 1. The normalized spacial score (nSPS) is 26.8. The third-order valence-corrected chi connectivity index (χ3v) is 8.55. The number of esters is 2. The Bertz CT molecular complexity index is 1040. The molecule has 1 amide bonds. The van der Waals surface area contributed by atoms with E-state index in [-0.39, 0.29) is 24.6 Å². The molecule has 1 aromatic heterocycles. The molecular weight excluding hydrogens is 450 g/mol. The molecule has 6 rings (SSSR count). The summed E-state index contributed by atoms with van der Waals surface area (Å²) in [5.41, 5.74) is 1.98. The maximum atomic E-state index is 12.7. The first-order valence-electron chi connectivity index (χ1n) is 12.2. The van der Waals surface area contributed by atoms with E-state index >= 15 is 0 Å². The molecule has 0 unspecified atom stereocenters. The molecule has 0 saturated heterocycles. The van der Waals surface area contributed by atoms with E-state index in [9.17, 15) is 14.4 Å². The lowest BCUT2D eigenvalue weighted by Gasteiger charge is -2.56. The maximum absolute atomic E-state index is 12.7. The van der Waals surface area contributed by atoms with Gasteiger partial charge in [-0.15, -0.1) is 11.3 Å². The lowest BCUT2D eigenvalue weighted by Crippen LogP contribution is -2.47. The van der Waals surface area contributed by atoms with Crippen LogP contribution in [0.5, 0.6) is 0 Å². The van der Waals surface area contributed by atoms with E-state index in [4.69, 9.17) is 9.47 Å². The standard InChI is InChI=1S/C27H31NO5S/c1-2-32-26(31)24-21(20-6-4-3-5-7-20)16-34-25(24)28-22(29)15-33-23(30)14-27-11-17-8-18(12-27)10-19(9-17)13-27/h3-7,16-19H,2,8-15H2,1H3,(H,28,29). The fraction of sp³-hybridized carbons (Fsp3) is 0.519. The number of carbonyl (C=O) groups is 3. The molecule has 4 saturated carbocycles. The highest BCUT2D eigenvalue weighted by molar-refractivity contribution is 7.15. The third kappa shape index (κ3) is 4.76. The summed E-state index contributed by atoms with van der Waals surface area (Å²) in [7, 11) is 0. The second-order valence-corrected chi connectivity index (χ2v) is 11.1. The van der Waals surface area contributed by atoms with Crippen molar-refractivity contribution < 1.29 is 23.9 Å². The van der Waals surface area contributed by atoms with Gasteiger partial charge in [-0.25, -0.2) is 4.79 Å². The van der Waals surface area contributed by atoms with E-state index in [1.165, 1.54) is 30.6 Å². The zero-order chi connectivity index (χ0) is 23.7. The van der Waals surface area contributed by atoms with E-state index in [1.54, 1.807) is 6.92 Å². The predicted octanol–water partition coefficient (Wildman–Crippen LogP) is 5.68. The van der Waals surface area contributed by atoms with Crippen LogP contribution in [0.4, 0.5) is 5.00 Å². The molecule has 0 atom stereocenters. The molecule has 7 heteroatoms. The quantitative estimate of drug-likeness (QED) is 0.491. The van der Waals surface area contributed by atoms with Crippen LogP contribution < -0.4 is 5.32 Å². The molecule has 4 aliphatic carbocycles. The van der Waals surface area contributed by atoms with Gasteiger partial charge in [0.15, 0.2) is 6.61 Å². The van der Waals surface area contributed by atoms with Crippen LogP contribution in [0.1, 0.15) is 62.2 Å². The highest BCUT2D eigenvalue weighted by Crippen LogP contribution is 2.61. The summed E-state index contributed by atoms with van der Waals surface area (Å²) in [6.45, 7) is 1.62. The van der Waals surface area contributed by atoms with Crippen molar-refractivity contribution in [2.75, 3.05) is 18.5 Å². The molecule has 0 spiro atoms. The van der Waals surface area contributed by atoms with Crippen molar-refractivity contribution in [1.29, 1.82) is 0 Å². The van der Waals surface area contributed by atoms with Crippen LogP contribution in [0.2, 0.25) is 0 Å². The molecule has 180 valence electrons. The van der Waals surface area contributed by atoms with Crippen molar-refractivity contribution in [2.45, 2.75) is 51.9 Å². The van der Waals surface area contributed by atoms with Gasteiger partial charge in [0.2, 0.25) is 0 Å². The number of anilines is 1. The second-order valence-electron chi connectivity index (χ2n) is 10.2. The van der Waals surface area contributed by atoms with Crippen molar-refractivity contribution in [3.63, 3.8) is 0 Å². The van der Waals surface area contributed by atoms with Crippen molar-refractivity contribution in [1.82, 2.24) is 0 Å². The van der Waals surface area contributed by atoms with Gasteiger partial charge in [-0.1, -0.05) is 30.3 Å². The van der Waals surface area contributed by atoms with Gasteiger partial charge in [-0.2, -0.15) is 0 Å². The van der Waals surface area contributed by atoms with E-state index in [0.717, 1.165) is 42.6 Å². The molecule has 4 aliphatic rings. The molecule has 4 bridgehead atoms. The molecule has 2 aromatic rings. The lowest BCUT2D eigenvalue weighted by molar-refractivity contribution is -0.154. The number of carbonyl (C=O) groups excluding carboxylic acids is 3. The minimum atomic E-state index is -0.489. The van der Waals surface area contributed by atoms with Crippen LogP contribution in [0.3, 0.4) is 0 Å². The maximum Gasteiger partial charge on any atom is 0.341 e. The molecule has 1 N–H and O–H groups in total. The Morgan fingerprint density at radius 3 is 2.26 bits per heavy atom. The first-order valence-corrected chi connectivity index (χ1v) is 13.1. The van der Waals surface area contributed by atoms with Crippen LogP contribution in [0, 0.1) is 23.2 Å². The van der Waals surface area contributed by atoms with Crippen molar-refractivity contribution in [3.8, 4) is 11.1 Å². The number of amides is 1. The molecule has 0 aliphatic heterocycles. The summed E-state index contributed by atoms with van der Waals surface area (Å²) >= 11 is 1.26. The van der Waals surface area contributed by atoms with Gasteiger partial charge in [0.1, 0.15) is 10.6 Å². The number of rotatable bonds is 8. The first kappa shape index (κ1) is 23.1. The Hall–Kier alpha value is -2.67. The minimum Gasteiger partial charge on any atom is -0.462 e. The van der Waals surface area contributed by atoms with Crippen LogP contribution in [-0.2, 0) is 19.1 Å². The molecular formula is C27H31NO5S. The molecule has 6 nitrogen and oxygen atoms in total.